The first-order valence-electron chi connectivity index (χ1n) is 6.55. The lowest BCUT2D eigenvalue weighted by Crippen LogP contribution is -2.40. The van der Waals surface area contributed by atoms with Gasteiger partial charge in [0.2, 0.25) is 12.5 Å². The molecule has 0 spiro atoms. The first kappa shape index (κ1) is 15.5. The summed E-state index contributed by atoms with van der Waals surface area (Å²) < 4.78 is 26.3. The van der Waals surface area contributed by atoms with Gasteiger partial charge in [-0.15, -0.1) is 0 Å². The van der Waals surface area contributed by atoms with Gasteiger partial charge in [-0.1, -0.05) is 0 Å². The zero-order valence-corrected chi connectivity index (χ0v) is 11.5. The molecule has 7 nitrogen and oxygen atoms in total. The summed E-state index contributed by atoms with van der Waals surface area (Å²) in [7, 11) is 0. The van der Waals surface area contributed by atoms with Crippen LogP contribution in [-0.4, -0.2) is 45.6 Å². The standard InChI is InChI=1S/C12H16F2N4O3/c1-8-6-9(10(19)7-18(20)21)16-11(15-8)17-4-2-12(13,14)3-5-17/h6,10,19H,2-5,7H2,1H3. The number of aryl methyl sites for hydroxylation is 1. The van der Waals surface area contributed by atoms with Gasteiger partial charge in [-0.05, 0) is 13.0 Å². The van der Waals surface area contributed by atoms with Crippen LogP contribution in [0.4, 0.5) is 14.7 Å². The quantitative estimate of drug-likeness (QED) is 0.666. The van der Waals surface area contributed by atoms with Crippen molar-refractivity contribution in [3.8, 4) is 0 Å². The topological polar surface area (TPSA) is 92.4 Å². The molecule has 2 rings (SSSR count). The first-order chi connectivity index (χ1) is 9.77. The Morgan fingerprint density at radius 1 is 1.48 bits per heavy atom. The van der Waals surface area contributed by atoms with E-state index in [2.05, 4.69) is 9.97 Å². The third-order valence-corrected chi connectivity index (χ3v) is 3.30. The number of hydrogen-bond acceptors (Lipinski definition) is 6. The number of aliphatic hydroxyl groups excluding tert-OH is 1. The van der Waals surface area contributed by atoms with Crippen LogP contribution in [0.15, 0.2) is 6.07 Å². The van der Waals surface area contributed by atoms with Gasteiger partial charge in [-0.2, -0.15) is 0 Å². The number of alkyl halides is 2. The fraction of sp³-hybridized carbons (Fsp3) is 0.667. The van der Waals surface area contributed by atoms with Crippen LogP contribution < -0.4 is 4.90 Å². The summed E-state index contributed by atoms with van der Waals surface area (Å²) in [6, 6.07) is 1.45. The highest BCUT2D eigenvalue weighted by Crippen LogP contribution is 2.29. The molecule has 1 aliphatic heterocycles. The average molecular weight is 302 g/mol. The Bertz CT molecular complexity index is 531. The zero-order chi connectivity index (χ0) is 15.6. The summed E-state index contributed by atoms with van der Waals surface area (Å²) in [4.78, 5) is 19.6. The van der Waals surface area contributed by atoms with Crippen molar-refractivity contribution in [2.75, 3.05) is 24.5 Å². The minimum absolute atomic E-state index is 0.112. The Balaban J connectivity index is 2.17. The highest BCUT2D eigenvalue weighted by atomic mass is 19.3. The molecule has 1 N–H and O–H groups in total. The molecule has 1 atom stereocenters. The Labute approximate surface area is 119 Å². The van der Waals surface area contributed by atoms with E-state index in [1.807, 2.05) is 0 Å². The molecule has 0 amide bonds. The maximum Gasteiger partial charge on any atom is 0.251 e. The van der Waals surface area contributed by atoms with Gasteiger partial charge in [-0.25, -0.2) is 18.7 Å². The summed E-state index contributed by atoms with van der Waals surface area (Å²) >= 11 is 0. The number of rotatable bonds is 4. The van der Waals surface area contributed by atoms with Gasteiger partial charge >= 0.3 is 0 Å². The van der Waals surface area contributed by atoms with Crippen molar-refractivity contribution >= 4 is 5.95 Å². The van der Waals surface area contributed by atoms with Crippen LogP contribution >= 0.6 is 0 Å². The van der Waals surface area contributed by atoms with Crippen molar-refractivity contribution in [1.82, 2.24) is 9.97 Å². The second-order valence-electron chi connectivity index (χ2n) is 5.11. The van der Waals surface area contributed by atoms with E-state index in [1.54, 1.807) is 11.8 Å². The van der Waals surface area contributed by atoms with Crippen LogP contribution in [0.25, 0.3) is 0 Å². The molecule has 1 unspecified atom stereocenters. The van der Waals surface area contributed by atoms with E-state index in [0.717, 1.165) is 0 Å². The predicted molar refractivity (Wildman–Crippen MR) is 70.0 cm³/mol. The number of halogens is 2. The molecule has 1 saturated heterocycles. The second-order valence-corrected chi connectivity index (χ2v) is 5.11. The molecule has 9 heteroatoms. The van der Waals surface area contributed by atoms with Crippen LogP contribution in [-0.2, 0) is 0 Å². The van der Waals surface area contributed by atoms with Gasteiger partial charge in [0.1, 0.15) is 0 Å². The van der Waals surface area contributed by atoms with E-state index in [9.17, 15) is 24.0 Å². The van der Waals surface area contributed by atoms with Crippen LogP contribution in [0.1, 0.15) is 30.3 Å². The number of nitro groups is 1. The van der Waals surface area contributed by atoms with Crippen LogP contribution in [0, 0.1) is 17.0 Å². The highest BCUT2D eigenvalue weighted by Gasteiger charge is 2.35. The molecular formula is C12H16F2N4O3. The summed E-state index contributed by atoms with van der Waals surface area (Å²) in [5.41, 5.74) is 0.654. The molecule has 2 heterocycles. The van der Waals surface area contributed by atoms with Crippen LogP contribution in [0.5, 0.6) is 0 Å². The number of hydrogen-bond donors (Lipinski definition) is 1. The van der Waals surface area contributed by atoms with Crippen molar-refractivity contribution in [2.24, 2.45) is 0 Å². The highest BCUT2D eigenvalue weighted by molar-refractivity contribution is 5.33. The molecule has 0 saturated carbocycles. The molecule has 0 radical (unpaired) electrons. The zero-order valence-electron chi connectivity index (χ0n) is 11.5. The number of aromatic nitrogens is 2. The molecular weight excluding hydrogens is 286 g/mol. The van der Waals surface area contributed by atoms with E-state index in [4.69, 9.17) is 0 Å². The summed E-state index contributed by atoms with van der Waals surface area (Å²) in [6.45, 7) is 1.22. The molecule has 1 aromatic heterocycles. The fourth-order valence-corrected chi connectivity index (χ4v) is 2.16. The van der Waals surface area contributed by atoms with Crippen LogP contribution in [0.2, 0.25) is 0 Å². The van der Waals surface area contributed by atoms with Gasteiger partial charge in [0.25, 0.3) is 5.92 Å². The molecule has 0 bridgehead atoms. The van der Waals surface area contributed by atoms with E-state index in [0.29, 0.717) is 5.69 Å². The largest absolute Gasteiger partial charge is 0.380 e. The maximum atomic E-state index is 13.1. The van der Waals surface area contributed by atoms with Gasteiger partial charge in [-0.3, -0.25) is 10.1 Å². The number of nitrogens with zero attached hydrogens (tertiary/aromatic N) is 4. The fourth-order valence-electron chi connectivity index (χ4n) is 2.16. The van der Waals surface area contributed by atoms with Crippen LogP contribution in [0.3, 0.4) is 0 Å². The van der Waals surface area contributed by atoms with Crippen molar-refractivity contribution < 1.29 is 18.8 Å². The molecule has 116 valence electrons. The van der Waals surface area contributed by atoms with E-state index >= 15 is 0 Å². The SMILES string of the molecule is Cc1cc(C(O)C[N+](=O)[O-])nc(N2CCC(F)(F)CC2)n1. The smallest absolute Gasteiger partial charge is 0.251 e. The molecule has 1 aromatic rings. The van der Waals surface area contributed by atoms with E-state index < -0.39 is 23.5 Å². The lowest BCUT2D eigenvalue weighted by molar-refractivity contribution is -0.491. The monoisotopic (exact) mass is 302 g/mol. The molecule has 1 fully saturated rings. The second kappa shape index (κ2) is 5.84. The minimum Gasteiger partial charge on any atom is -0.380 e. The third kappa shape index (κ3) is 4.03. The van der Waals surface area contributed by atoms with E-state index in [-0.39, 0.29) is 37.6 Å². The molecule has 21 heavy (non-hydrogen) atoms. The first-order valence-corrected chi connectivity index (χ1v) is 6.55. The lowest BCUT2D eigenvalue weighted by atomic mass is 10.1. The van der Waals surface area contributed by atoms with Crippen molar-refractivity contribution in [3.63, 3.8) is 0 Å². The normalized spacial score (nSPS) is 19.3. The van der Waals surface area contributed by atoms with E-state index in [1.165, 1.54) is 6.07 Å². The lowest BCUT2D eigenvalue weighted by Gasteiger charge is -2.32. The summed E-state index contributed by atoms with van der Waals surface area (Å²) in [5, 5.41) is 20.2. The van der Waals surface area contributed by atoms with Crippen molar-refractivity contribution in [3.05, 3.63) is 27.6 Å². The van der Waals surface area contributed by atoms with Gasteiger partial charge in [0, 0.05) is 36.5 Å². The Morgan fingerprint density at radius 2 is 2.10 bits per heavy atom. The maximum absolute atomic E-state index is 13.1. The Kier molecular flexibility index (Phi) is 4.31. The molecule has 0 aliphatic carbocycles. The molecule has 0 aromatic carbocycles. The number of piperidine rings is 1. The summed E-state index contributed by atoms with van der Waals surface area (Å²) in [6.07, 6.45) is -1.90. The van der Waals surface area contributed by atoms with Gasteiger partial charge in [0.05, 0.1) is 5.69 Å². The van der Waals surface area contributed by atoms with Gasteiger partial charge in [0.15, 0.2) is 6.10 Å². The average Bonchev–Trinajstić information content (AvgIpc) is 2.37. The number of anilines is 1. The molecule has 1 aliphatic rings. The minimum atomic E-state index is -2.67. The van der Waals surface area contributed by atoms with Gasteiger partial charge < -0.3 is 10.0 Å². The third-order valence-electron chi connectivity index (χ3n) is 3.30. The predicted octanol–water partition coefficient (Wildman–Crippen LogP) is 1.33. The Morgan fingerprint density at radius 3 is 2.67 bits per heavy atom. The Hall–Kier alpha value is -1.90. The van der Waals surface area contributed by atoms with Crippen molar-refractivity contribution in [1.29, 1.82) is 0 Å². The van der Waals surface area contributed by atoms with Crippen molar-refractivity contribution in [2.45, 2.75) is 31.8 Å². The number of aliphatic hydroxyl groups is 1. The summed E-state index contributed by atoms with van der Waals surface area (Å²) in [5.74, 6) is -2.45.